The van der Waals surface area contributed by atoms with E-state index in [9.17, 15) is 19.5 Å². The summed E-state index contributed by atoms with van der Waals surface area (Å²) in [5.41, 5.74) is 3.32. The van der Waals surface area contributed by atoms with Crippen LogP contribution >= 0.6 is 0 Å². The summed E-state index contributed by atoms with van der Waals surface area (Å²) in [4.78, 5) is 44.5. The molecule has 0 bridgehead atoms. The third kappa shape index (κ3) is 6.24. The van der Waals surface area contributed by atoms with E-state index in [1.807, 2.05) is 95.7 Å². The quantitative estimate of drug-likeness (QED) is 0.318. The van der Waals surface area contributed by atoms with E-state index in [1.54, 1.807) is 11.9 Å². The van der Waals surface area contributed by atoms with Gasteiger partial charge in [-0.2, -0.15) is 0 Å². The van der Waals surface area contributed by atoms with Crippen LogP contribution in [0.25, 0.3) is 10.9 Å². The van der Waals surface area contributed by atoms with Gasteiger partial charge in [0.1, 0.15) is 12.1 Å². The number of aromatic nitrogens is 1. The molecule has 5 rings (SSSR count). The maximum atomic E-state index is 13.9. The van der Waals surface area contributed by atoms with Gasteiger partial charge in [0.25, 0.3) is 5.91 Å². The molecule has 1 saturated heterocycles. The van der Waals surface area contributed by atoms with E-state index >= 15 is 0 Å². The van der Waals surface area contributed by atoms with Crippen LogP contribution in [0, 0.1) is 0 Å². The van der Waals surface area contributed by atoms with E-state index in [0.29, 0.717) is 18.5 Å². The summed E-state index contributed by atoms with van der Waals surface area (Å²) in [6, 6.07) is 25.3. The fraction of sp³-hybridized carbons (Fsp3) is 0.324. The largest absolute Gasteiger partial charge is 0.391 e. The Hall–Kier alpha value is -4.43. The van der Waals surface area contributed by atoms with E-state index in [2.05, 4.69) is 19.2 Å². The summed E-state index contributed by atoms with van der Waals surface area (Å²) < 4.78 is 2.04. The van der Waals surface area contributed by atoms with Gasteiger partial charge in [-0.3, -0.25) is 14.4 Å². The summed E-state index contributed by atoms with van der Waals surface area (Å²) in [6.07, 6.45) is 1.40. The molecule has 2 heterocycles. The number of likely N-dealkylation sites (N-methyl/N-ethyl adjacent to an activating group) is 1. The summed E-state index contributed by atoms with van der Waals surface area (Å²) in [5, 5.41) is 14.4. The normalized spacial score (nSPS) is 17.4. The number of β-amino-alcohol motifs (C(OH)–C–C–N with tert-alkyl or cyclic N) is 1. The van der Waals surface area contributed by atoms with Crippen molar-refractivity contribution in [3.63, 3.8) is 0 Å². The van der Waals surface area contributed by atoms with Gasteiger partial charge in [0.05, 0.1) is 11.7 Å². The molecule has 0 saturated carbocycles. The van der Waals surface area contributed by atoms with Crippen molar-refractivity contribution in [1.29, 1.82) is 0 Å². The number of nitrogens with zero attached hydrogens (tertiary/aromatic N) is 3. The molecule has 1 unspecified atom stereocenters. The topological polar surface area (TPSA) is 94.9 Å². The first-order valence-electron chi connectivity index (χ1n) is 14.4. The maximum Gasteiger partial charge on any atom is 0.256 e. The maximum absolute atomic E-state index is 13.9. The smallest absolute Gasteiger partial charge is 0.256 e. The lowest BCUT2D eigenvalue weighted by Gasteiger charge is -2.28. The van der Waals surface area contributed by atoms with E-state index in [1.165, 1.54) is 4.90 Å². The minimum absolute atomic E-state index is 0.0450. The van der Waals surface area contributed by atoms with E-state index in [0.717, 1.165) is 22.0 Å². The van der Waals surface area contributed by atoms with Crippen molar-refractivity contribution >= 4 is 28.6 Å². The van der Waals surface area contributed by atoms with Gasteiger partial charge in [0.15, 0.2) is 0 Å². The summed E-state index contributed by atoms with van der Waals surface area (Å²) >= 11 is 0. The molecule has 3 amide bonds. The van der Waals surface area contributed by atoms with Crippen molar-refractivity contribution in [2.75, 3.05) is 13.6 Å². The number of aliphatic hydroxyl groups excluding tert-OH is 1. The Morgan fingerprint density at radius 2 is 1.55 bits per heavy atom. The van der Waals surface area contributed by atoms with Gasteiger partial charge >= 0.3 is 0 Å². The highest BCUT2D eigenvalue weighted by atomic mass is 16.3. The second-order valence-corrected chi connectivity index (χ2v) is 11.4. The van der Waals surface area contributed by atoms with E-state index in [4.69, 9.17) is 0 Å². The van der Waals surface area contributed by atoms with Crippen LogP contribution in [0.15, 0.2) is 91.1 Å². The molecule has 3 atom stereocenters. The van der Waals surface area contributed by atoms with E-state index in [-0.39, 0.29) is 30.8 Å². The fourth-order valence-electron chi connectivity index (χ4n) is 5.76. The molecular formula is C34H38N4O4. The zero-order valence-electron chi connectivity index (χ0n) is 24.3. The van der Waals surface area contributed by atoms with Gasteiger partial charge in [0.2, 0.25) is 11.8 Å². The Morgan fingerprint density at radius 1 is 0.929 bits per heavy atom. The third-order valence-corrected chi connectivity index (χ3v) is 7.91. The molecule has 0 spiro atoms. The van der Waals surface area contributed by atoms with Crippen LogP contribution in [-0.4, -0.2) is 69.0 Å². The zero-order chi connectivity index (χ0) is 29.8. The average molecular weight is 567 g/mol. The van der Waals surface area contributed by atoms with Crippen LogP contribution in [0.1, 0.15) is 47.8 Å². The molecule has 1 aliphatic heterocycles. The molecule has 218 valence electrons. The first kappa shape index (κ1) is 29.1. The summed E-state index contributed by atoms with van der Waals surface area (Å²) in [6.45, 7) is 4.54. The van der Waals surface area contributed by atoms with Gasteiger partial charge in [0, 0.05) is 56.1 Å². The van der Waals surface area contributed by atoms with Crippen molar-refractivity contribution < 1.29 is 19.5 Å². The fourth-order valence-corrected chi connectivity index (χ4v) is 5.76. The molecule has 8 nitrogen and oxygen atoms in total. The Kier molecular flexibility index (Phi) is 8.73. The number of likely N-dealkylation sites (tertiary alicyclic amines) is 1. The number of carbonyl (C=O) groups excluding carboxylic acids is 3. The predicted molar refractivity (Wildman–Crippen MR) is 163 cm³/mol. The minimum atomic E-state index is -0.904. The second-order valence-electron chi connectivity index (χ2n) is 11.4. The van der Waals surface area contributed by atoms with Crippen molar-refractivity contribution in [1.82, 2.24) is 19.7 Å². The molecule has 3 aromatic carbocycles. The predicted octanol–water partition coefficient (Wildman–Crippen LogP) is 4.18. The van der Waals surface area contributed by atoms with Gasteiger partial charge < -0.3 is 24.8 Å². The lowest BCUT2D eigenvalue weighted by Crippen LogP contribution is -2.54. The Balaban J connectivity index is 1.39. The second kappa shape index (κ2) is 12.6. The highest BCUT2D eigenvalue weighted by Gasteiger charge is 2.41. The van der Waals surface area contributed by atoms with Crippen LogP contribution < -0.4 is 5.32 Å². The Morgan fingerprint density at radius 3 is 2.21 bits per heavy atom. The monoisotopic (exact) mass is 566 g/mol. The number of aliphatic hydroxyl groups is 1. The van der Waals surface area contributed by atoms with Gasteiger partial charge in [-0.25, -0.2) is 0 Å². The summed E-state index contributed by atoms with van der Waals surface area (Å²) in [7, 11) is 1.72. The molecule has 0 aliphatic carbocycles. The number of amides is 3. The molecule has 0 radical (unpaired) electrons. The number of carbonyl (C=O) groups is 3. The summed E-state index contributed by atoms with van der Waals surface area (Å²) in [5.74, 6) is -0.989. The van der Waals surface area contributed by atoms with Gasteiger partial charge in [-0.05, 0) is 31.0 Å². The third-order valence-electron chi connectivity index (χ3n) is 7.91. The molecule has 1 aliphatic rings. The highest BCUT2D eigenvalue weighted by Crippen LogP contribution is 2.29. The Labute approximate surface area is 246 Å². The highest BCUT2D eigenvalue weighted by molar-refractivity contribution is 6.08. The van der Waals surface area contributed by atoms with Crippen LogP contribution in [0.5, 0.6) is 0 Å². The molecule has 8 heteroatoms. The molecule has 1 fully saturated rings. The number of rotatable bonds is 9. The van der Waals surface area contributed by atoms with E-state index < -0.39 is 24.1 Å². The van der Waals surface area contributed by atoms with Gasteiger partial charge in [-0.1, -0.05) is 78.9 Å². The van der Waals surface area contributed by atoms with Crippen LogP contribution in [0.3, 0.4) is 0 Å². The van der Waals surface area contributed by atoms with Crippen molar-refractivity contribution in [2.45, 2.75) is 57.5 Å². The van der Waals surface area contributed by atoms with Crippen LogP contribution in [0.2, 0.25) is 0 Å². The Bertz CT molecular complexity index is 1550. The standard InChI is InChI=1S/C34H38N4O4/c1-23(2)37-22-28(27-16-10-11-17-30(27)37)33(41)38-21-26(39)19-31(38)32(40)35-29(18-24-12-6-4-7-13-24)34(42)36(3)20-25-14-8-5-9-15-25/h4-17,22-23,26,29,31,39H,18-21H2,1-3H3,(H,35,40)/t26-,29-,31?/m1/s1. The van der Waals surface area contributed by atoms with Gasteiger partial charge in [-0.15, -0.1) is 0 Å². The lowest BCUT2D eigenvalue weighted by molar-refractivity contribution is -0.136. The van der Waals surface area contributed by atoms with Crippen molar-refractivity contribution in [2.24, 2.45) is 0 Å². The molecular weight excluding hydrogens is 528 g/mol. The number of benzene rings is 3. The first-order chi connectivity index (χ1) is 20.2. The SMILES string of the molecule is CC(C)n1cc(C(=O)N2C[C@H](O)CC2C(=O)N[C@H](Cc2ccccc2)C(=O)N(C)Cc2ccccc2)c2ccccc21. The molecule has 42 heavy (non-hydrogen) atoms. The van der Waals surface area contributed by atoms with Crippen molar-refractivity contribution in [3.8, 4) is 0 Å². The molecule has 2 N–H and O–H groups in total. The lowest BCUT2D eigenvalue weighted by atomic mass is 10.0. The van der Waals surface area contributed by atoms with Crippen LogP contribution in [-0.2, 0) is 22.6 Å². The zero-order valence-corrected chi connectivity index (χ0v) is 24.3. The van der Waals surface area contributed by atoms with Crippen molar-refractivity contribution in [3.05, 3.63) is 108 Å². The molecule has 4 aromatic rings. The number of nitrogens with one attached hydrogen (secondary N) is 1. The first-order valence-corrected chi connectivity index (χ1v) is 14.4. The number of fused-ring (bicyclic) bond motifs is 1. The molecule has 1 aromatic heterocycles. The minimum Gasteiger partial charge on any atom is -0.391 e. The average Bonchev–Trinajstić information content (AvgIpc) is 3.58. The van der Waals surface area contributed by atoms with Crippen LogP contribution in [0.4, 0.5) is 0 Å². The number of hydrogen-bond donors (Lipinski definition) is 2. The number of hydrogen-bond acceptors (Lipinski definition) is 4. The number of para-hydroxylation sites is 1.